The van der Waals surface area contributed by atoms with E-state index in [-0.39, 0.29) is 11.3 Å². The summed E-state index contributed by atoms with van der Waals surface area (Å²) in [6, 6.07) is 8.72. The van der Waals surface area contributed by atoms with Gasteiger partial charge in [0, 0.05) is 19.2 Å². The first-order valence-corrected chi connectivity index (χ1v) is 8.75. The predicted molar refractivity (Wildman–Crippen MR) is 95.2 cm³/mol. The van der Waals surface area contributed by atoms with E-state index in [0.717, 1.165) is 42.3 Å². The van der Waals surface area contributed by atoms with Gasteiger partial charge >= 0.3 is 12.5 Å². The van der Waals surface area contributed by atoms with Crippen molar-refractivity contribution in [1.29, 1.82) is 0 Å². The third-order valence-corrected chi connectivity index (χ3v) is 4.17. The fourth-order valence-corrected chi connectivity index (χ4v) is 2.81. The third-order valence-electron chi connectivity index (χ3n) is 4.17. The Bertz CT molecular complexity index is 1110. The first-order valence-electron chi connectivity index (χ1n) is 8.75. The lowest BCUT2D eigenvalue weighted by Gasteiger charge is -2.20. The number of hydrogen-bond acceptors (Lipinski definition) is 4. The Kier molecular flexibility index (Phi) is 6.10. The van der Waals surface area contributed by atoms with Crippen LogP contribution in [0.2, 0.25) is 0 Å². The summed E-state index contributed by atoms with van der Waals surface area (Å²) in [6.45, 7) is -0.508. The van der Waals surface area contributed by atoms with Crippen LogP contribution in [0.1, 0.15) is 21.7 Å². The molecule has 0 fully saturated rings. The maximum Gasteiger partial charge on any atom is 0.573 e. The van der Waals surface area contributed by atoms with Gasteiger partial charge in [-0.25, -0.2) is 9.07 Å². The van der Waals surface area contributed by atoms with Gasteiger partial charge in [-0.15, -0.1) is 18.3 Å². The Balaban J connectivity index is 1.94. The molecule has 13 heteroatoms. The summed E-state index contributed by atoms with van der Waals surface area (Å²) in [7, 11) is 1.09. The van der Waals surface area contributed by atoms with Gasteiger partial charge in [0.2, 0.25) is 0 Å². The van der Waals surface area contributed by atoms with Gasteiger partial charge < -0.3 is 9.64 Å². The Morgan fingerprint density at radius 1 is 1.03 bits per heavy atom. The molecule has 170 valence electrons. The number of hydrogen-bond donors (Lipinski definition) is 0. The molecule has 0 saturated heterocycles. The summed E-state index contributed by atoms with van der Waals surface area (Å²) >= 11 is 0. The van der Waals surface area contributed by atoms with Crippen LogP contribution < -0.4 is 4.74 Å². The number of aromatic nitrogens is 3. The minimum atomic E-state index is -5.07. The molecule has 0 aliphatic rings. The van der Waals surface area contributed by atoms with Crippen molar-refractivity contribution in [3.05, 3.63) is 71.3 Å². The molecule has 0 aliphatic carbocycles. The van der Waals surface area contributed by atoms with Gasteiger partial charge in [-0.2, -0.15) is 13.2 Å². The van der Waals surface area contributed by atoms with E-state index in [2.05, 4.69) is 15.0 Å². The lowest BCUT2D eigenvalue weighted by atomic mass is 10.1. The second-order valence-electron chi connectivity index (χ2n) is 6.49. The SMILES string of the molecule is CN(Cc1ccccc1OC(F)(F)F)C(=O)c1nnn(-c2ccc(F)cc2)c1C(F)(F)F. The van der Waals surface area contributed by atoms with Gasteiger partial charge in [0.25, 0.3) is 5.91 Å². The average molecular weight is 462 g/mol. The minimum absolute atomic E-state index is 0.0971. The predicted octanol–water partition coefficient (Wildman–Crippen LogP) is 4.60. The maximum absolute atomic E-state index is 13.7. The zero-order valence-electron chi connectivity index (χ0n) is 16.1. The van der Waals surface area contributed by atoms with Gasteiger partial charge in [-0.3, -0.25) is 4.79 Å². The zero-order chi connectivity index (χ0) is 23.7. The highest BCUT2D eigenvalue weighted by atomic mass is 19.4. The highest BCUT2D eigenvalue weighted by Gasteiger charge is 2.42. The molecule has 0 N–H and O–H groups in total. The van der Waals surface area contributed by atoms with E-state index in [1.165, 1.54) is 18.2 Å². The van der Waals surface area contributed by atoms with E-state index >= 15 is 0 Å². The Morgan fingerprint density at radius 2 is 1.66 bits per heavy atom. The van der Waals surface area contributed by atoms with E-state index in [9.17, 15) is 35.5 Å². The van der Waals surface area contributed by atoms with E-state index in [0.29, 0.717) is 4.68 Å². The van der Waals surface area contributed by atoms with Crippen LogP contribution in [-0.2, 0) is 12.7 Å². The molecule has 0 aliphatic heterocycles. The van der Waals surface area contributed by atoms with Gasteiger partial charge in [-0.05, 0) is 30.3 Å². The van der Waals surface area contributed by atoms with Crippen LogP contribution >= 0.6 is 0 Å². The molecule has 6 nitrogen and oxygen atoms in total. The molecule has 0 atom stereocenters. The summed E-state index contributed by atoms with van der Waals surface area (Å²) in [5, 5.41) is 6.68. The zero-order valence-corrected chi connectivity index (χ0v) is 16.1. The summed E-state index contributed by atoms with van der Waals surface area (Å²) < 4.78 is 96.2. The molecule has 0 saturated carbocycles. The molecule has 3 rings (SSSR count). The number of alkyl halides is 6. The lowest BCUT2D eigenvalue weighted by Crippen LogP contribution is -2.30. The van der Waals surface area contributed by atoms with Crippen molar-refractivity contribution in [2.75, 3.05) is 7.05 Å². The Labute approximate surface area is 175 Å². The van der Waals surface area contributed by atoms with E-state index in [1.807, 2.05) is 0 Å². The number of halogens is 7. The van der Waals surface area contributed by atoms with Gasteiger partial charge in [0.05, 0.1) is 5.69 Å². The largest absolute Gasteiger partial charge is 0.573 e. The lowest BCUT2D eigenvalue weighted by molar-refractivity contribution is -0.275. The molecule has 3 aromatic rings. The number of benzene rings is 2. The van der Waals surface area contributed by atoms with Crippen molar-refractivity contribution < 1.29 is 40.3 Å². The van der Waals surface area contributed by atoms with E-state index < -0.39 is 47.9 Å². The molecule has 2 aromatic carbocycles. The highest BCUT2D eigenvalue weighted by molar-refractivity contribution is 5.93. The quantitative estimate of drug-likeness (QED) is 0.521. The number of amides is 1. The molecule has 1 aromatic heterocycles. The molecular weight excluding hydrogens is 449 g/mol. The second-order valence-corrected chi connectivity index (χ2v) is 6.49. The molecule has 0 radical (unpaired) electrons. The van der Waals surface area contributed by atoms with Crippen LogP contribution in [0, 0.1) is 5.82 Å². The molecule has 32 heavy (non-hydrogen) atoms. The Hall–Kier alpha value is -3.64. The van der Waals surface area contributed by atoms with Crippen molar-refractivity contribution in [3.8, 4) is 11.4 Å². The number of ether oxygens (including phenoxy) is 1. The average Bonchev–Trinajstić information content (AvgIpc) is 3.14. The summed E-state index contributed by atoms with van der Waals surface area (Å²) in [6.07, 6.45) is -10.1. The molecule has 0 bridgehead atoms. The fourth-order valence-electron chi connectivity index (χ4n) is 2.81. The number of nitrogens with zero attached hydrogens (tertiary/aromatic N) is 4. The second kappa shape index (κ2) is 8.48. The Morgan fingerprint density at radius 3 is 2.25 bits per heavy atom. The van der Waals surface area contributed by atoms with E-state index in [4.69, 9.17) is 0 Å². The van der Waals surface area contributed by atoms with Crippen LogP contribution in [0.3, 0.4) is 0 Å². The van der Waals surface area contributed by atoms with Gasteiger partial charge in [0.15, 0.2) is 11.4 Å². The number of carbonyl (C=O) groups is 1. The van der Waals surface area contributed by atoms with Crippen molar-refractivity contribution in [2.24, 2.45) is 0 Å². The van der Waals surface area contributed by atoms with Crippen LogP contribution in [0.4, 0.5) is 30.7 Å². The molecular formula is C19H13F7N4O2. The normalized spacial score (nSPS) is 12.0. The number of carbonyl (C=O) groups excluding carboxylic acids is 1. The van der Waals surface area contributed by atoms with Gasteiger partial charge in [-0.1, -0.05) is 23.4 Å². The molecule has 1 amide bonds. The summed E-state index contributed by atoms with van der Waals surface area (Å²) in [4.78, 5) is 13.4. The van der Waals surface area contributed by atoms with Gasteiger partial charge in [0.1, 0.15) is 11.6 Å². The smallest absolute Gasteiger partial charge is 0.405 e. The van der Waals surface area contributed by atoms with Crippen LogP contribution in [0.5, 0.6) is 5.75 Å². The van der Waals surface area contributed by atoms with E-state index in [1.54, 1.807) is 0 Å². The van der Waals surface area contributed by atoms with Crippen molar-refractivity contribution in [3.63, 3.8) is 0 Å². The van der Waals surface area contributed by atoms with Crippen LogP contribution in [0.25, 0.3) is 5.69 Å². The number of rotatable bonds is 5. The first-order chi connectivity index (χ1) is 14.9. The highest BCUT2D eigenvalue weighted by Crippen LogP contribution is 2.34. The van der Waals surface area contributed by atoms with Crippen molar-refractivity contribution in [2.45, 2.75) is 19.1 Å². The fraction of sp³-hybridized carbons (Fsp3) is 0.211. The number of para-hydroxylation sites is 1. The van der Waals surface area contributed by atoms with Crippen LogP contribution in [0.15, 0.2) is 48.5 Å². The topological polar surface area (TPSA) is 60.2 Å². The maximum atomic E-state index is 13.7. The monoisotopic (exact) mass is 462 g/mol. The molecule has 0 spiro atoms. The van der Waals surface area contributed by atoms with Crippen molar-refractivity contribution >= 4 is 5.91 Å². The van der Waals surface area contributed by atoms with Crippen molar-refractivity contribution in [1.82, 2.24) is 19.9 Å². The molecule has 1 heterocycles. The first kappa shape index (κ1) is 23.0. The molecule has 0 unspecified atom stereocenters. The summed E-state index contributed by atoms with van der Waals surface area (Å²) in [5.41, 5.74) is -2.88. The minimum Gasteiger partial charge on any atom is -0.405 e. The standard InChI is InChI=1S/C19H13F7N4O2/c1-29(10-11-4-2-3-5-14(11)32-19(24,25)26)17(31)15-16(18(21,22)23)30(28-27-15)13-8-6-12(20)7-9-13/h2-9H,10H2,1H3. The van der Waals surface area contributed by atoms with Crippen LogP contribution in [-0.4, -0.2) is 39.2 Å². The summed E-state index contributed by atoms with van der Waals surface area (Å²) in [5.74, 6) is -2.55. The third kappa shape index (κ3) is 5.15.